The number of hydrogen-bond acceptors (Lipinski definition) is 7. The normalized spacial score (nSPS) is 35.7. The molecule has 0 bridgehead atoms. The van der Waals surface area contributed by atoms with Crippen molar-refractivity contribution in [2.45, 2.75) is 36.6 Å². The summed E-state index contributed by atoms with van der Waals surface area (Å²) in [6, 6.07) is 1.13. The molecule has 4 N–H and O–H groups in total. The third kappa shape index (κ3) is 4.50. The summed E-state index contributed by atoms with van der Waals surface area (Å²) in [6.45, 7) is -1.85. The van der Waals surface area contributed by atoms with Gasteiger partial charge in [0.25, 0.3) is 5.56 Å². The highest BCUT2D eigenvalue weighted by molar-refractivity contribution is 8.09. The quantitative estimate of drug-likeness (QED) is 0.416. The number of nitrogens with one attached hydrogen (secondary N) is 1. The molecule has 3 rings (SSSR count). The van der Waals surface area contributed by atoms with Crippen molar-refractivity contribution in [3.05, 3.63) is 33.1 Å². The molecule has 1 aliphatic carbocycles. The van der Waals surface area contributed by atoms with Crippen LogP contribution in [0.3, 0.4) is 0 Å². The monoisotopic (exact) mass is 442 g/mol. The third-order valence-corrected chi connectivity index (χ3v) is 6.95. The highest BCUT2D eigenvalue weighted by Gasteiger charge is 2.61. The lowest BCUT2D eigenvalue weighted by Gasteiger charge is -2.26. The summed E-state index contributed by atoms with van der Waals surface area (Å²) >= 11 is 4.95. The van der Waals surface area contributed by atoms with Crippen molar-refractivity contribution >= 4 is 25.9 Å². The molecule has 1 saturated carbocycles. The van der Waals surface area contributed by atoms with Crippen molar-refractivity contribution in [2.75, 3.05) is 13.8 Å². The van der Waals surface area contributed by atoms with Gasteiger partial charge in [0.15, 0.2) is 12.7 Å². The van der Waals surface area contributed by atoms with Gasteiger partial charge in [0.05, 0.1) is 11.8 Å². The predicted octanol–water partition coefficient (Wildman–Crippen LogP) is -0.668. The van der Waals surface area contributed by atoms with Crippen molar-refractivity contribution in [3.63, 3.8) is 0 Å². The summed E-state index contributed by atoms with van der Waals surface area (Å²) < 4.78 is 29.5. The van der Waals surface area contributed by atoms with Crippen LogP contribution < -0.4 is 11.2 Å². The van der Waals surface area contributed by atoms with E-state index in [0.29, 0.717) is 0 Å². The number of aromatic nitrogens is 2. The van der Waals surface area contributed by atoms with Crippen molar-refractivity contribution in [2.24, 2.45) is 5.92 Å². The van der Waals surface area contributed by atoms with Gasteiger partial charge in [-0.2, -0.15) is 0 Å². The lowest BCUT2D eigenvalue weighted by atomic mass is 10.1. The number of nitrogens with zero attached hydrogens (tertiary/aromatic N) is 1. The Morgan fingerprint density at radius 2 is 2.00 bits per heavy atom. The minimum absolute atomic E-state index is 0.205. The zero-order valence-electron chi connectivity index (χ0n) is 14.4. The van der Waals surface area contributed by atoms with E-state index in [9.17, 15) is 28.8 Å². The molecule has 14 heteroatoms. The highest BCUT2D eigenvalue weighted by atomic mass is 32.5. The summed E-state index contributed by atoms with van der Waals surface area (Å²) in [7, 11) is -2.97. The van der Waals surface area contributed by atoms with Gasteiger partial charge >= 0.3 is 13.3 Å². The van der Waals surface area contributed by atoms with Crippen LogP contribution in [-0.2, 0) is 30.4 Å². The van der Waals surface area contributed by atoms with Crippen molar-refractivity contribution in [1.82, 2.24) is 9.55 Å². The zero-order chi connectivity index (χ0) is 20.1. The molecule has 3 unspecified atom stereocenters. The summed E-state index contributed by atoms with van der Waals surface area (Å²) in [4.78, 5) is 54.4. The maximum absolute atomic E-state index is 12.1. The molecule has 2 aliphatic rings. The molecule has 2 heterocycles. The second-order valence-corrected chi connectivity index (χ2v) is 12.3. The Morgan fingerprint density at radius 3 is 2.48 bits per heavy atom. The third-order valence-electron chi connectivity index (χ3n) is 4.60. The highest BCUT2D eigenvalue weighted by Crippen LogP contribution is 2.62. The minimum atomic E-state index is -4.32. The Bertz CT molecular complexity index is 921. The SMILES string of the molecule is CO[C@H]1[C@@H](OP(C)(O)=S)[C@@H](C2CC2P(=O)(O)O)O[C@H]1n1ccc(=O)[nH]c1=O. The summed E-state index contributed by atoms with van der Waals surface area (Å²) in [6.07, 6.45) is -2.30. The molecule has 0 spiro atoms. The van der Waals surface area contributed by atoms with Crippen LogP contribution in [0.4, 0.5) is 0 Å². The zero-order valence-corrected chi connectivity index (χ0v) is 17.0. The maximum Gasteiger partial charge on any atom is 0.330 e. The number of hydrogen-bond donors (Lipinski definition) is 4. The molecule has 1 saturated heterocycles. The summed E-state index contributed by atoms with van der Waals surface area (Å²) in [5.74, 6) is -0.543. The van der Waals surface area contributed by atoms with Crippen LogP contribution >= 0.6 is 14.1 Å². The van der Waals surface area contributed by atoms with Crippen LogP contribution in [-0.4, -0.2) is 62.0 Å². The largest absolute Gasteiger partial charge is 0.374 e. The van der Waals surface area contributed by atoms with Gasteiger partial charge in [-0.25, -0.2) is 4.79 Å². The smallest absolute Gasteiger partial charge is 0.330 e. The Kier molecular flexibility index (Phi) is 5.68. The summed E-state index contributed by atoms with van der Waals surface area (Å²) in [5.41, 5.74) is -2.22. The van der Waals surface area contributed by atoms with Crippen LogP contribution in [0.1, 0.15) is 12.6 Å². The average molecular weight is 442 g/mol. The van der Waals surface area contributed by atoms with E-state index < -0.39 is 61.5 Å². The van der Waals surface area contributed by atoms with E-state index in [4.69, 9.17) is 25.8 Å². The van der Waals surface area contributed by atoms with Gasteiger partial charge in [-0.3, -0.25) is 18.9 Å². The van der Waals surface area contributed by atoms with E-state index in [-0.39, 0.29) is 6.42 Å². The van der Waals surface area contributed by atoms with Crippen LogP contribution in [0.2, 0.25) is 0 Å². The lowest BCUT2D eigenvalue weighted by Crippen LogP contribution is -2.39. The molecule has 0 aromatic carbocycles. The Balaban J connectivity index is 1.97. The van der Waals surface area contributed by atoms with E-state index in [1.807, 2.05) is 0 Å². The minimum Gasteiger partial charge on any atom is -0.374 e. The van der Waals surface area contributed by atoms with Crippen LogP contribution in [0.25, 0.3) is 0 Å². The molecule has 0 amide bonds. The van der Waals surface area contributed by atoms with Crippen LogP contribution in [0, 0.1) is 5.92 Å². The Hall–Kier alpha value is -0.680. The first kappa shape index (κ1) is 21.0. The molecule has 27 heavy (non-hydrogen) atoms. The fourth-order valence-electron chi connectivity index (χ4n) is 3.40. The molecule has 1 aromatic heterocycles. The van der Waals surface area contributed by atoms with Crippen LogP contribution in [0.15, 0.2) is 21.9 Å². The van der Waals surface area contributed by atoms with Gasteiger partial charge in [0.1, 0.15) is 12.2 Å². The topological polar surface area (TPSA) is 160 Å². The molecule has 0 radical (unpaired) electrons. The first-order valence-electron chi connectivity index (χ1n) is 7.96. The van der Waals surface area contributed by atoms with Gasteiger partial charge in [0, 0.05) is 32.0 Å². The fraction of sp³-hybridized carbons (Fsp3) is 0.692. The molecule has 1 aliphatic heterocycles. The first-order chi connectivity index (χ1) is 12.4. The second kappa shape index (κ2) is 7.29. The molecule has 2 fully saturated rings. The van der Waals surface area contributed by atoms with Gasteiger partial charge in [-0.05, 0) is 18.2 Å². The van der Waals surface area contributed by atoms with Crippen LogP contribution in [0.5, 0.6) is 0 Å². The predicted molar refractivity (Wildman–Crippen MR) is 97.3 cm³/mol. The molecular weight excluding hydrogens is 422 g/mol. The fourth-order valence-corrected chi connectivity index (χ4v) is 5.57. The second-order valence-electron chi connectivity index (χ2n) is 6.64. The van der Waals surface area contributed by atoms with Gasteiger partial charge in [0.2, 0.25) is 0 Å². The number of aromatic amines is 1. The van der Waals surface area contributed by atoms with Gasteiger partial charge in [-0.1, -0.05) is 0 Å². The van der Waals surface area contributed by atoms with E-state index in [2.05, 4.69) is 4.98 Å². The van der Waals surface area contributed by atoms with Crippen molar-refractivity contribution in [3.8, 4) is 0 Å². The average Bonchev–Trinajstić information content (AvgIpc) is 3.24. The van der Waals surface area contributed by atoms with Crippen molar-refractivity contribution in [1.29, 1.82) is 0 Å². The molecular formula is C13H20N2O9P2S. The molecule has 7 atom stereocenters. The Labute approximate surface area is 158 Å². The van der Waals surface area contributed by atoms with Gasteiger partial charge < -0.3 is 28.7 Å². The molecule has 11 nitrogen and oxygen atoms in total. The molecule has 152 valence electrons. The van der Waals surface area contributed by atoms with E-state index in [0.717, 1.165) is 10.6 Å². The molecule has 1 aromatic rings. The van der Waals surface area contributed by atoms with E-state index in [1.165, 1.54) is 20.0 Å². The number of rotatable bonds is 6. The number of ether oxygens (including phenoxy) is 2. The van der Waals surface area contributed by atoms with E-state index >= 15 is 0 Å². The maximum atomic E-state index is 12.1. The van der Waals surface area contributed by atoms with Crippen molar-refractivity contribution < 1.29 is 33.2 Å². The number of methoxy groups -OCH3 is 1. The lowest BCUT2D eigenvalue weighted by molar-refractivity contribution is -0.0570. The number of H-pyrrole nitrogens is 1. The Morgan fingerprint density at radius 1 is 1.33 bits per heavy atom. The van der Waals surface area contributed by atoms with Gasteiger partial charge in [-0.15, -0.1) is 0 Å². The standard InChI is InChI=1S/C13H20N2O9P2S/c1-22-11-10(24-25(2,18)27)9(6-5-7(6)26(19,20)21)23-12(11)15-4-3-8(16)14-13(15)17/h3-4,6-7,9-12H,5H2,1-2H3,(H,18,27)(H,14,16,17)(H2,19,20,21)/t6?,7?,9-,10+,11+,12-,25?/m1/s1. The van der Waals surface area contributed by atoms with E-state index in [1.54, 1.807) is 0 Å². The summed E-state index contributed by atoms with van der Waals surface area (Å²) in [5, 5.41) is 0. The first-order valence-corrected chi connectivity index (χ1v) is 12.8.